The fourth-order valence-electron chi connectivity index (χ4n) is 2.50. The van der Waals surface area contributed by atoms with Crippen molar-refractivity contribution in [2.45, 2.75) is 44.9 Å². The molecule has 33 heavy (non-hydrogen) atoms. The minimum atomic E-state index is -2.21. The van der Waals surface area contributed by atoms with Crippen molar-refractivity contribution in [2.75, 3.05) is 13.7 Å². The molecular formula is C23H32N4O5Si. The van der Waals surface area contributed by atoms with Gasteiger partial charge in [0.05, 0.1) is 31.2 Å². The monoisotopic (exact) mass is 472 g/mol. The van der Waals surface area contributed by atoms with Crippen molar-refractivity contribution in [2.24, 2.45) is 0 Å². The molecule has 0 bridgehead atoms. The van der Waals surface area contributed by atoms with Crippen molar-refractivity contribution in [3.05, 3.63) is 60.6 Å². The molecule has 0 spiro atoms. The van der Waals surface area contributed by atoms with Crippen LogP contribution in [0.25, 0.3) is 5.69 Å². The lowest BCUT2D eigenvalue weighted by molar-refractivity contribution is -0.138. The summed E-state index contributed by atoms with van der Waals surface area (Å²) in [6.07, 6.45) is 2.99. The number of ether oxygens (including phenoxy) is 1. The first kappa shape index (κ1) is 26.0. The topological polar surface area (TPSA) is 112 Å². The number of esters is 1. The van der Waals surface area contributed by atoms with Gasteiger partial charge in [-0.05, 0) is 30.3 Å². The highest BCUT2D eigenvalue weighted by atomic mass is 28.4. The second-order valence-electron chi connectivity index (χ2n) is 9.07. The summed E-state index contributed by atoms with van der Waals surface area (Å²) in [5.74, 6) is -1.91. The number of hydrogen-bond donors (Lipinski definition) is 2. The van der Waals surface area contributed by atoms with E-state index in [4.69, 9.17) is 4.43 Å². The molecule has 2 N–H and O–H groups in total. The van der Waals surface area contributed by atoms with Gasteiger partial charge in [0.15, 0.2) is 8.32 Å². The summed E-state index contributed by atoms with van der Waals surface area (Å²) < 4.78 is 12.3. The maximum atomic E-state index is 12.9. The average molecular weight is 473 g/mol. The van der Waals surface area contributed by atoms with Crippen molar-refractivity contribution < 1.29 is 23.5 Å². The molecule has 1 aromatic carbocycles. The first-order chi connectivity index (χ1) is 15.4. The molecule has 0 saturated carbocycles. The average Bonchev–Trinajstić information content (AvgIpc) is 3.26. The highest BCUT2D eigenvalue weighted by Crippen LogP contribution is 2.36. The molecule has 1 atom stereocenters. The SMILES string of the molecule is C=C(NC(=O)[C@H](CO[Si](C)(C)C(C)(C)C)NC(=O)c1cnn(-c2ccccc2)c1)C(=O)OC. The van der Waals surface area contributed by atoms with Crippen LogP contribution in [0.1, 0.15) is 31.1 Å². The van der Waals surface area contributed by atoms with Crippen LogP contribution >= 0.6 is 0 Å². The summed E-state index contributed by atoms with van der Waals surface area (Å²) in [5, 5.41) is 9.19. The zero-order valence-corrected chi connectivity index (χ0v) is 21.0. The Morgan fingerprint density at radius 1 is 1.18 bits per heavy atom. The molecule has 10 heteroatoms. The molecule has 2 amide bonds. The molecule has 178 valence electrons. The molecule has 0 fully saturated rings. The van der Waals surface area contributed by atoms with Crippen molar-refractivity contribution in [3.8, 4) is 5.69 Å². The van der Waals surface area contributed by atoms with Crippen molar-refractivity contribution in [3.63, 3.8) is 0 Å². The van der Waals surface area contributed by atoms with Gasteiger partial charge < -0.3 is 19.8 Å². The van der Waals surface area contributed by atoms with E-state index >= 15 is 0 Å². The predicted octanol–water partition coefficient (Wildman–Crippen LogP) is 2.80. The van der Waals surface area contributed by atoms with Crippen LogP contribution in [0.4, 0.5) is 0 Å². The quantitative estimate of drug-likeness (QED) is 0.330. The molecule has 0 aliphatic rings. The Morgan fingerprint density at radius 3 is 2.39 bits per heavy atom. The van der Waals surface area contributed by atoms with Gasteiger partial charge >= 0.3 is 5.97 Å². The second-order valence-corrected chi connectivity index (χ2v) is 13.9. The molecule has 0 aliphatic carbocycles. The first-order valence-electron chi connectivity index (χ1n) is 10.5. The van der Waals surface area contributed by atoms with E-state index in [-0.39, 0.29) is 22.9 Å². The largest absolute Gasteiger partial charge is 0.464 e. The Bertz CT molecular complexity index is 1010. The molecule has 0 aliphatic heterocycles. The predicted molar refractivity (Wildman–Crippen MR) is 127 cm³/mol. The molecule has 2 rings (SSSR count). The van der Waals surface area contributed by atoms with E-state index < -0.39 is 32.1 Å². The third-order valence-electron chi connectivity index (χ3n) is 5.61. The first-order valence-corrected chi connectivity index (χ1v) is 13.4. The Kier molecular flexibility index (Phi) is 8.34. The van der Waals surface area contributed by atoms with Crippen LogP contribution in [0.5, 0.6) is 0 Å². The van der Waals surface area contributed by atoms with E-state index in [0.29, 0.717) is 0 Å². The molecule has 1 heterocycles. The third kappa shape index (κ3) is 6.87. The number of nitrogens with one attached hydrogen (secondary N) is 2. The van der Waals surface area contributed by atoms with E-state index in [2.05, 4.69) is 47.8 Å². The van der Waals surface area contributed by atoms with E-state index in [0.717, 1.165) is 5.69 Å². The van der Waals surface area contributed by atoms with Gasteiger partial charge in [-0.25, -0.2) is 9.48 Å². The van der Waals surface area contributed by atoms with E-state index in [1.807, 2.05) is 43.4 Å². The molecule has 1 aromatic heterocycles. The fraction of sp³-hybridized carbons (Fsp3) is 0.391. The number of amides is 2. The highest BCUT2D eigenvalue weighted by molar-refractivity contribution is 6.74. The number of hydrogen-bond acceptors (Lipinski definition) is 6. The zero-order chi connectivity index (χ0) is 24.8. The summed E-state index contributed by atoms with van der Waals surface area (Å²) in [5.41, 5.74) is 0.836. The fourth-order valence-corrected chi connectivity index (χ4v) is 3.52. The van der Waals surface area contributed by atoms with Gasteiger partial charge in [0.2, 0.25) is 5.91 Å². The van der Waals surface area contributed by atoms with Gasteiger partial charge in [-0.3, -0.25) is 9.59 Å². The second kappa shape index (κ2) is 10.6. The number of para-hydroxylation sites is 1. The van der Waals surface area contributed by atoms with Crippen LogP contribution in [0.3, 0.4) is 0 Å². The summed E-state index contributed by atoms with van der Waals surface area (Å²) in [4.78, 5) is 37.4. The normalized spacial score (nSPS) is 12.5. The molecule has 9 nitrogen and oxygen atoms in total. The van der Waals surface area contributed by atoms with Crippen molar-refractivity contribution in [1.29, 1.82) is 0 Å². The zero-order valence-electron chi connectivity index (χ0n) is 20.0. The Balaban J connectivity index is 2.19. The van der Waals surface area contributed by atoms with Crippen LogP contribution in [-0.2, 0) is 18.8 Å². The van der Waals surface area contributed by atoms with Crippen LogP contribution in [0.15, 0.2) is 55.0 Å². The van der Waals surface area contributed by atoms with Gasteiger partial charge in [0.1, 0.15) is 11.7 Å². The third-order valence-corrected chi connectivity index (χ3v) is 10.1. The number of aromatic nitrogens is 2. The van der Waals surface area contributed by atoms with Crippen LogP contribution in [0, 0.1) is 0 Å². The maximum absolute atomic E-state index is 12.9. The summed E-state index contributed by atoms with van der Waals surface area (Å²) in [7, 11) is -1.03. The maximum Gasteiger partial charge on any atom is 0.353 e. The summed E-state index contributed by atoms with van der Waals surface area (Å²) in [6.45, 7) is 13.8. The molecule has 0 unspecified atom stereocenters. The molecule has 0 radical (unpaired) electrons. The van der Waals surface area contributed by atoms with Crippen molar-refractivity contribution in [1.82, 2.24) is 20.4 Å². The lowest BCUT2D eigenvalue weighted by atomic mass is 10.2. The van der Waals surface area contributed by atoms with E-state index in [1.165, 1.54) is 13.3 Å². The lowest BCUT2D eigenvalue weighted by Gasteiger charge is -2.37. The smallest absolute Gasteiger partial charge is 0.353 e. The standard InChI is InChI=1S/C23H32N4O5Si/c1-16(22(30)31-5)25-21(29)19(15-32-33(6,7)23(2,3)4)26-20(28)17-13-24-27(14-17)18-11-9-8-10-12-18/h8-14,19H,1,15H2,2-7H3,(H,25,29)(H,26,28)/t19-/m0/s1. The van der Waals surface area contributed by atoms with E-state index in [1.54, 1.807) is 10.9 Å². The number of benzene rings is 1. The number of rotatable bonds is 9. The van der Waals surface area contributed by atoms with Crippen LogP contribution in [-0.4, -0.2) is 55.6 Å². The molecule has 0 saturated heterocycles. The van der Waals surface area contributed by atoms with Gasteiger partial charge in [0, 0.05) is 6.20 Å². The van der Waals surface area contributed by atoms with Crippen molar-refractivity contribution >= 4 is 26.1 Å². The Labute approximate surface area is 195 Å². The number of carbonyl (C=O) groups is 3. The summed E-state index contributed by atoms with van der Waals surface area (Å²) >= 11 is 0. The minimum absolute atomic E-state index is 0.0602. The Morgan fingerprint density at radius 2 is 1.82 bits per heavy atom. The number of nitrogens with zero attached hydrogens (tertiary/aromatic N) is 2. The number of methoxy groups -OCH3 is 1. The Hall–Kier alpha value is -3.24. The van der Waals surface area contributed by atoms with E-state index in [9.17, 15) is 14.4 Å². The van der Waals surface area contributed by atoms with Gasteiger partial charge in [-0.1, -0.05) is 45.5 Å². The molecular weight excluding hydrogens is 440 g/mol. The van der Waals surface area contributed by atoms with Gasteiger partial charge in [-0.2, -0.15) is 5.10 Å². The molecule has 2 aromatic rings. The van der Waals surface area contributed by atoms with Crippen LogP contribution < -0.4 is 10.6 Å². The van der Waals surface area contributed by atoms with Crippen LogP contribution in [0.2, 0.25) is 18.1 Å². The lowest BCUT2D eigenvalue weighted by Crippen LogP contribution is -2.52. The number of carbonyl (C=O) groups excluding carboxylic acids is 3. The summed E-state index contributed by atoms with van der Waals surface area (Å²) in [6, 6.07) is 8.27. The van der Waals surface area contributed by atoms with Gasteiger partial charge in [0.25, 0.3) is 5.91 Å². The van der Waals surface area contributed by atoms with Gasteiger partial charge in [-0.15, -0.1) is 0 Å². The highest BCUT2D eigenvalue weighted by Gasteiger charge is 2.38. The minimum Gasteiger partial charge on any atom is -0.464 e.